The molecule has 2 unspecified atom stereocenters. The van der Waals surface area contributed by atoms with E-state index in [1.165, 1.54) is 18.2 Å². The third-order valence-corrected chi connectivity index (χ3v) is 4.87. The molecule has 1 N–H and O–H groups in total. The van der Waals surface area contributed by atoms with Crippen molar-refractivity contribution in [3.63, 3.8) is 0 Å². The first-order valence-electron chi connectivity index (χ1n) is 6.89. The maximum absolute atomic E-state index is 12.1. The first-order chi connectivity index (χ1) is 9.86. The number of rotatable bonds is 6. The number of carbonyl (C=O) groups is 1. The monoisotopic (exact) mass is 331 g/mol. The average Bonchev–Trinajstić information content (AvgIpc) is 3.16. The van der Waals surface area contributed by atoms with Crippen LogP contribution in [0.1, 0.15) is 37.0 Å². The normalized spacial score (nSPS) is 20.9. The molecule has 0 heterocycles. The predicted octanol–water partition coefficient (Wildman–Crippen LogP) is 2.54. The van der Waals surface area contributed by atoms with Crippen molar-refractivity contribution < 1.29 is 17.9 Å². The Kier molecular flexibility index (Phi) is 4.78. The van der Waals surface area contributed by atoms with E-state index >= 15 is 0 Å². The summed E-state index contributed by atoms with van der Waals surface area (Å²) in [6.07, 6.45) is 2.00. The Hall–Kier alpha value is -1.27. The molecule has 1 fully saturated rings. The molecular formula is C14H18ClNO4S. The molecule has 7 heteroatoms. The predicted molar refractivity (Wildman–Crippen MR) is 80.3 cm³/mol. The molecule has 1 aliphatic rings. The smallest absolute Gasteiger partial charge is 0.265 e. The maximum Gasteiger partial charge on any atom is 0.265 e. The minimum absolute atomic E-state index is 0.155. The summed E-state index contributed by atoms with van der Waals surface area (Å²) in [4.78, 5) is 11.9. The zero-order valence-corrected chi connectivity index (χ0v) is 13.5. The third kappa shape index (κ3) is 3.89. The van der Waals surface area contributed by atoms with Crippen molar-refractivity contribution in [3.8, 4) is 5.75 Å². The Morgan fingerprint density at radius 3 is 2.67 bits per heavy atom. The summed E-state index contributed by atoms with van der Waals surface area (Å²) in [5, 5.41) is 2.88. The van der Waals surface area contributed by atoms with E-state index in [4.69, 9.17) is 15.4 Å². The second-order valence-electron chi connectivity index (χ2n) is 5.02. The SMILES string of the molecule is CCOc1ccc(C(=O)NC2CC2CC)cc1S(=O)(=O)Cl. The van der Waals surface area contributed by atoms with Gasteiger partial charge in [-0.1, -0.05) is 13.3 Å². The first-order valence-corrected chi connectivity index (χ1v) is 9.20. The molecular weight excluding hydrogens is 314 g/mol. The molecule has 0 aliphatic heterocycles. The van der Waals surface area contributed by atoms with Gasteiger partial charge in [-0.05, 0) is 37.5 Å². The lowest BCUT2D eigenvalue weighted by atomic mass is 10.2. The Balaban J connectivity index is 2.23. The van der Waals surface area contributed by atoms with Crippen LogP contribution in [0, 0.1) is 5.92 Å². The summed E-state index contributed by atoms with van der Waals surface area (Å²) in [5.74, 6) is 0.385. The number of ether oxygens (including phenoxy) is 1. The van der Waals surface area contributed by atoms with Crippen molar-refractivity contribution in [2.24, 2.45) is 5.92 Å². The van der Waals surface area contributed by atoms with Crippen LogP contribution in [0.15, 0.2) is 23.1 Å². The molecule has 1 aromatic carbocycles. The fraction of sp³-hybridized carbons (Fsp3) is 0.500. The molecule has 0 saturated heterocycles. The van der Waals surface area contributed by atoms with Crippen molar-refractivity contribution in [2.75, 3.05) is 6.61 Å². The van der Waals surface area contributed by atoms with Gasteiger partial charge in [0.25, 0.3) is 15.0 Å². The van der Waals surface area contributed by atoms with E-state index in [0.29, 0.717) is 12.5 Å². The molecule has 2 atom stereocenters. The van der Waals surface area contributed by atoms with Crippen LogP contribution in [0.3, 0.4) is 0 Å². The van der Waals surface area contributed by atoms with Gasteiger partial charge < -0.3 is 10.1 Å². The molecule has 0 aromatic heterocycles. The summed E-state index contributed by atoms with van der Waals surface area (Å²) < 4.78 is 28.4. The minimum Gasteiger partial charge on any atom is -0.492 e. The quantitative estimate of drug-likeness (QED) is 0.813. The summed E-state index contributed by atoms with van der Waals surface area (Å²) in [7, 11) is 1.43. The molecule has 0 spiro atoms. The van der Waals surface area contributed by atoms with E-state index in [0.717, 1.165) is 12.8 Å². The number of carbonyl (C=O) groups excluding carboxylic acids is 1. The number of nitrogens with one attached hydrogen (secondary N) is 1. The number of hydrogen-bond donors (Lipinski definition) is 1. The Bertz CT molecular complexity index is 644. The van der Waals surface area contributed by atoms with Crippen LogP contribution >= 0.6 is 10.7 Å². The van der Waals surface area contributed by atoms with Gasteiger partial charge >= 0.3 is 0 Å². The largest absolute Gasteiger partial charge is 0.492 e. The lowest BCUT2D eigenvalue weighted by Gasteiger charge is -2.10. The van der Waals surface area contributed by atoms with E-state index in [9.17, 15) is 13.2 Å². The Morgan fingerprint density at radius 2 is 2.14 bits per heavy atom. The van der Waals surface area contributed by atoms with Crippen LogP contribution in [0.2, 0.25) is 0 Å². The lowest BCUT2D eigenvalue weighted by molar-refractivity contribution is 0.0948. The van der Waals surface area contributed by atoms with E-state index in [-0.39, 0.29) is 28.2 Å². The number of benzene rings is 1. The van der Waals surface area contributed by atoms with Gasteiger partial charge in [0.1, 0.15) is 10.6 Å². The van der Waals surface area contributed by atoms with Crippen LogP contribution in [0.5, 0.6) is 5.75 Å². The Labute approximate surface area is 129 Å². The van der Waals surface area contributed by atoms with Gasteiger partial charge in [-0.2, -0.15) is 0 Å². The molecule has 1 saturated carbocycles. The Morgan fingerprint density at radius 1 is 1.43 bits per heavy atom. The molecule has 1 amide bonds. The second-order valence-corrected chi connectivity index (χ2v) is 7.55. The molecule has 0 bridgehead atoms. The van der Waals surface area contributed by atoms with Crippen LogP contribution in [-0.4, -0.2) is 27.0 Å². The van der Waals surface area contributed by atoms with Crippen LogP contribution in [0.4, 0.5) is 0 Å². The highest BCUT2D eigenvalue weighted by Crippen LogP contribution is 2.34. The molecule has 1 aliphatic carbocycles. The summed E-state index contributed by atoms with van der Waals surface area (Å²) in [5.41, 5.74) is 0.263. The highest BCUT2D eigenvalue weighted by Gasteiger charge is 2.36. The zero-order valence-electron chi connectivity index (χ0n) is 11.9. The van der Waals surface area contributed by atoms with Gasteiger partial charge in [0.2, 0.25) is 0 Å². The first kappa shape index (κ1) is 16.1. The molecule has 2 rings (SSSR count). The van der Waals surface area contributed by atoms with Crippen molar-refractivity contribution in [1.29, 1.82) is 0 Å². The van der Waals surface area contributed by atoms with Gasteiger partial charge in [0.05, 0.1) is 6.61 Å². The summed E-state index contributed by atoms with van der Waals surface area (Å²) in [6, 6.07) is 4.43. The van der Waals surface area contributed by atoms with Gasteiger partial charge in [0, 0.05) is 22.3 Å². The van der Waals surface area contributed by atoms with E-state index in [1.54, 1.807) is 6.92 Å². The fourth-order valence-electron chi connectivity index (χ4n) is 2.24. The zero-order chi connectivity index (χ0) is 15.6. The summed E-state index contributed by atoms with van der Waals surface area (Å²) >= 11 is 0. The van der Waals surface area contributed by atoms with Crippen molar-refractivity contribution in [2.45, 2.75) is 37.6 Å². The maximum atomic E-state index is 12.1. The van der Waals surface area contributed by atoms with Gasteiger partial charge in [-0.25, -0.2) is 8.42 Å². The van der Waals surface area contributed by atoms with E-state index in [2.05, 4.69) is 12.2 Å². The topological polar surface area (TPSA) is 72.5 Å². The highest BCUT2D eigenvalue weighted by atomic mass is 35.7. The molecule has 21 heavy (non-hydrogen) atoms. The molecule has 1 aromatic rings. The average molecular weight is 332 g/mol. The fourth-order valence-corrected chi connectivity index (χ4v) is 3.24. The van der Waals surface area contributed by atoms with Crippen molar-refractivity contribution >= 4 is 25.6 Å². The van der Waals surface area contributed by atoms with Crippen molar-refractivity contribution in [3.05, 3.63) is 23.8 Å². The number of hydrogen-bond acceptors (Lipinski definition) is 4. The van der Waals surface area contributed by atoms with E-state index < -0.39 is 9.05 Å². The van der Waals surface area contributed by atoms with Gasteiger partial charge in [-0.3, -0.25) is 4.79 Å². The standard InChI is InChI=1S/C14H18ClNO4S/c1-3-9-7-11(9)16-14(17)10-5-6-12(20-4-2)13(8-10)21(15,18)19/h5-6,8-9,11H,3-4,7H2,1-2H3,(H,16,17). The molecule has 116 valence electrons. The van der Waals surface area contributed by atoms with Crippen LogP contribution in [-0.2, 0) is 9.05 Å². The second kappa shape index (κ2) is 6.23. The third-order valence-electron chi connectivity index (χ3n) is 3.53. The molecule has 5 nitrogen and oxygen atoms in total. The number of amides is 1. The van der Waals surface area contributed by atoms with Crippen molar-refractivity contribution in [1.82, 2.24) is 5.32 Å². The van der Waals surface area contributed by atoms with Gasteiger partial charge in [0.15, 0.2) is 0 Å². The van der Waals surface area contributed by atoms with Crippen LogP contribution in [0.25, 0.3) is 0 Å². The van der Waals surface area contributed by atoms with Crippen LogP contribution < -0.4 is 10.1 Å². The molecule has 0 radical (unpaired) electrons. The minimum atomic E-state index is -3.97. The number of halogens is 1. The highest BCUT2D eigenvalue weighted by molar-refractivity contribution is 8.13. The summed E-state index contributed by atoms with van der Waals surface area (Å²) in [6.45, 7) is 4.13. The lowest BCUT2D eigenvalue weighted by Crippen LogP contribution is -2.26. The van der Waals surface area contributed by atoms with Gasteiger partial charge in [-0.15, -0.1) is 0 Å². The van der Waals surface area contributed by atoms with E-state index in [1.807, 2.05) is 0 Å².